The summed E-state index contributed by atoms with van der Waals surface area (Å²) in [5, 5.41) is 0. The highest BCUT2D eigenvalue weighted by molar-refractivity contribution is 5.83. The number of ether oxygens (including phenoxy) is 1. The van der Waals surface area contributed by atoms with Crippen molar-refractivity contribution >= 4 is 0 Å². The van der Waals surface area contributed by atoms with Crippen molar-refractivity contribution in [2.45, 2.75) is 59.0 Å². The molecule has 1 aliphatic heterocycles. The second-order valence-electron chi connectivity index (χ2n) is 9.59. The van der Waals surface area contributed by atoms with E-state index in [1.807, 2.05) is 6.20 Å². The number of hydrogen-bond acceptors (Lipinski definition) is 3. The van der Waals surface area contributed by atoms with E-state index in [1.165, 1.54) is 27.9 Å². The zero-order valence-electron chi connectivity index (χ0n) is 21.0. The molecule has 2 aliphatic rings. The summed E-state index contributed by atoms with van der Waals surface area (Å²) in [7, 11) is 0. The smallest absolute Gasteiger partial charge is 0.128 e. The first kappa shape index (κ1) is 22.6. The Morgan fingerprint density at radius 2 is 1.64 bits per heavy atom. The molecule has 6 rings (SSSR count). The lowest BCUT2D eigenvalue weighted by Crippen LogP contribution is -2.10. The Morgan fingerprint density at radius 1 is 0.833 bits per heavy atom. The fraction of sp³-hybridized carbons (Fsp3) is 0.290. The van der Waals surface area contributed by atoms with Gasteiger partial charge in [-0.2, -0.15) is 0 Å². The minimum Gasteiger partial charge on any atom is -0.488 e. The zero-order valence-corrected chi connectivity index (χ0v) is 21.0. The highest BCUT2D eigenvalue weighted by Crippen LogP contribution is 2.43. The van der Waals surface area contributed by atoms with Gasteiger partial charge >= 0.3 is 0 Å². The molecular weight excluding hydrogens is 444 g/mol. The summed E-state index contributed by atoms with van der Waals surface area (Å²) in [6.45, 7) is 4.87. The molecule has 5 nitrogen and oxygen atoms in total. The van der Waals surface area contributed by atoms with Gasteiger partial charge in [0.25, 0.3) is 0 Å². The van der Waals surface area contributed by atoms with Crippen molar-refractivity contribution in [1.82, 2.24) is 19.9 Å². The highest BCUT2D eigenvalue weighted by Gasteiger charge is 2.25. The predicted octanol–water partition coefficient (Wildman–Crippen LogP) is 7.14. The van der Waals surface area contributed by atoms with Crippen molar-refractivity contribution in [3.05, 3.63) is 89.3 Å². The SMILES string of the molecule is CCC=CCc1ncc(-c2ccc3c(c2)OCc2cc4c(cc2-3)CCc2[nH]c(CC=CCC)nc2-4)[nH]1. The van der Waals surface area contributed by atoms with E-state index in [-0.39, 0.29) is 0 Å². The number of imidazole rings is 2. The van der Waals surface area contributed by atoms with Crippen LogP contribution in [0, 0.1) is 0 Å². The monoisotopic (exact) mass is 476 g/mol. The standard InChI is InChI=1S/C31H32N4O/c1-3-5-7-9-29-32-18-27(34-29)21-11-13-23-24-15-20-12-14-26-31(35-30(33-26)10-8-6-4-2)25(20)16-22(24)19-36-28(23)17-21/h5-8,11,13,15-18H,3-4,9-10,12,14,19H2,1-2H3,(H,32,34)(H,33,35). The number of nitrogens with one attached hydrogen (secondary N) is 2. The molecule has 5 heteroatoms. The van der Waals surface area contributed by atoms with Crippen LogP contribution in [0.15, 0.2) is 60.8 Å². The topological polar surface area (TPSA) is 66.6 Å². The van der Waals surface area contributed by atoms with Gasteiger partial charge in [0.2, 0.25) is 0 Å². The van der Waals surface area contributed by atoms with Gasteiger partial charge in [-0.25, -0.2) is 9.97 Å². The van der Waals surface area contributed by atoms with Crippen LogP contribution in [-0.2, 0) is 32.3 Å². The van der Waals surface area contributed by atoms with Crippen LogP contribution in [-0.4, -0.2) is 19.9 Å². The maximum atomic E-state index is 6.27. The first-order valence-corrected chi connectivity index (χ1v) is 13.1. The first-order valence-electron chi connectivity index (χ1n) is 13.1. The van der Waals surface area contributed by atoms with Gasteiger partial charge in [-0.3, -0.25) is 0 Å². The summed E-state index contributed by atoms with van der Waals surface area (Å²) in [6, 6.07) is 11.2. The highest BCUT2D eigenvalue weighted by atomic mass is 16.5. The second kappa shape index (κ2) is 9.65. The predicted molar refractivity (Wildman–Crippen MR) is 145 cm³/mol. The van der Waals surface area contributed by atoms with Gasteiger partial charge in [-0.1, -0.05) is 44.2 Å². The molecule has 0 amide bonds. The molecule has 0 unspecified atom stereocenters. The van der Waals surface area contributed by atoms with Gasteiger partial charge in [-0.15, -0.1) is 0 Å². The molecule has 3 heterocycles. The Morgan fingerprint density at radius 3 is 2.47 bits per heavy atom. The third-order valence-electron chi connectivity index (χ3n) is 7.08. The van der Waals surface area contributed by atoms with E-state index in [2.05, 4.69) is 83.4 Å². The van der Waals surface area contributed by atoms with E-state index in [1.54, 1.807) is 0 Å². The van der Waals surface area contributed by atoms with Gasteiger partial charge in [0.15, 0.2) is 0 Å². The van der Waals surface area contributed by atoms with E-state index in [0.29, 0.717) is 6.61 Å². The zero-order chi connectivity index (χ0) is 24.5. The molecule has 0 bridgehead atoms. The molecule has 182 valence electrons. The van der Waals surface area contributed by atoms with Crippen LogP contribution in [0.3, 0.4) is 0 Å². The molecule has 0 radical (unpaired) electrons. The van der Waals surface area contributed by atoms with Gasteiger partial charge in [0, 0.05) is 35.2 Å². The molecule has 1 aliphatic carbocycles. The molecule has 36 heavy (non-hydrogen) atoms. The molecule has 0 saturated heterocycles. The number of aryl methyl sites for hydroxylation is 2. The number of rotatable bonds is 7. The van der Waals surface area contributed by atoms with Crippen LogP contribution in [0.25, 0.3) is 33.6 Å². The molecule has 2 aromatic carbocycles. The third-order valence-corrected chi connectivity index (χ3v) is 7.08. The summed E-state index contributed by atoms with van der Waals surface area (Å²) in [6.07, 6.45) is 16.4. The first-order chi connectivity index (χ1) is 17.7. The molecule has 2 N–H and O–H groups in total. The van der Waals surface area contributed by atoms with Crippen LogP contribution in [0.1, 0.15) is 55.2 Å². The number of fused-ring (bicyclic) bond motifs is 6. The number of hydrogen-bond donors (Lipinski definition) is 2. The molecule has 0 spiro atoms. The number of H-pyrrole nitrogens is 2. The van der Waals surface area contributed by atoms with Crippen LogP contribution < -0.4 is 4.74 Å². The number of aromatic nitrogens is 4. The van der Waals surface area contributed by atoms with Crippen molar-refractivity contribution < 1.29 is 4.74 Å². The van der Waals surface area contributed by atoms with Crippen molar-refractivity contribution in [3.8, 4) is 39.4 Å². The average Bonchev–Trinajstić information content (AvgIpc) is 3.55. The Hall–Kier alpha value is -3.86. The van der Waals surface area contributed by atoms with E-state index >= 15 is 0 Å². The average molecular weight is 477 g/mol. The van der Waals surface area contributed by atoms with Crippen LogP contribution in [0.2, 0.25) is 0 Å². The number of nitrogens with zero attached hydrogens (tertiary/aromatic N) is 2. The summed E-state index contributed by atoms with van der Waals surface area (Å²) in [5.41, 5.74) is 10.8. The van der Waals surface area contributed by atoms with Crippen molar-refractivity contribution in [1.29, 1.82) is 0 Å². The van der Waals surface area contributed by atoms with Crippen molar-refractivity contribution in [2.24, 2.45) is 0 Å². The summed E-state index contributed by atoms with van der Waals surface area (Å²) >= 11 is 0. The normalized spacial score (nSPS) is 13.9. The molecule has 0 fully saturated rings. The number of benzene rings is 2. The lowest BCUT2D eigenvalue weighted by molar-refractivity contribution is 0.302. The van der Waals surface area contributed by atoms with Gasteiger partial charge in [0.05, 0.1) is 17.6 Å². The maximum absolute atomic E-state index is 6.27. The third kappa shape index (κ3) is 4.19. The quantitative estimate of drug-likeness (QED) is 0.279. The van der Waals surface area contributed by atoms with Gasteiger partial charge < -0.3 is 14.7 Å². The van der Waals surface area contributed by atoms with Crippen molar-refractivity contribution in [2.75, 3.05) is 0 Å². The molecular formula is C31H32N4O. The summed E-state index contributed by atoms with van der Waals surface area (Å²) in [5.74, 6) is 2.96. The second-order valence-corrected chi connectivity index (χ2v) is 9.59. The Labute approximate surface area is 212 Å². The molecule has 0 atom stereocenters. The van der Waals surface area contributed by atoms with Crippen LogP contribution in [0.4, 0.5) is 0 Å². The molecule has 2 aromatic heterocycles. The number of allylic oxidation sites excluding steroid dienone is 4. The van der Waals surface area contributed by atoms with Gasteiger partial charge in [-0.05, 0) is 66.6 Å². The summed E-state index contributed by atoms with van der Waals surface area (Å²) in [4.78, 5) is 16.5. The molecule has 0 saturated carbocycles. The minimum absolute atomic E-state index is 0.570. The lowest BCUT2D eigenvalue weighted by atomic mass is 9.85. The Kier molecular flexibility index (Phi) is 6.06. The van der Waals surface area contributed by atoms with Crippen molar-refractivity contribution in [3.63, 3.8) is 0 Å². The fourth-order valence-corrected chi connectivity index (χ4v) is 5.23. The number of aromatic amines is 2. The Balaban J connectivity index is 1.30. The van der Waals surface area contributed by atoms with E-state index < -0.39 is 0 Å². The summed E-state index contributed by atoms with van der Waals surface area (Å²) < 4.78 is 6.27. The molecule has 4 aromatic rings. The van der Waals surface area contributed by atoms with Crippen LogP contribution in [0.5, 0.6) is 5.75 Å². The Bertz CT molecular complexity index is 1470. The van der Waals surface area contributed by atoms with E-state index in [9.17, 15) is 0 Å². The van der Waals surface area contributed by atoms with E-state index in [4.69, 9.17) is 9.72 Å². The van der Waals surface area contributed by atoms with E-state index in [0.717, 1.165) is 78.4 Å². The lowest BCUT2D eigenvalue weighted by Gasteiger charge is -2.25. The van der Waals surface area contributed by atoms with Gasteiger partial charge in [0.1, 0.15) is 24.0 Å². The maximum Gasteiger partial charge on any atom is 0.128 e. The van der Waals surface area contributed by atoms with Crippen LogP contribution >= 0.6 is 0 Å². The largest absolute Gasteiger partial charge is 0.488 e. The fourth-order valence-electron chi connectivity index (χ4n) is 5.23. The minimum atomic E-state index is 0.570.